The smallest absolute Gasteiger partial charge is 0.326 e. The number of carboxylic acid groups (broad SMARTS) is 1. The fourth-order valence-electron chi connectivity index (χ4n) is 3.55. The van der Waals surface area contributed by atoms with E-state index in [0.29, 0.717) is 19.3 Å². The summed E-state index contributed by atoms with van der Waals surface area (Å²) < 4.78 is 0. The van der Waals surface area contributed by atoms with Crippen molar-refractivity contribution < 1.29 is 33.9 Å². The molecule has 5 atom stereocenters. The van der Waals surface area contributed by atoms with Crippen LogP contribution in [0, 0.1) is 5.92 Å². The summed E-state index contributed by atoms with van der Waals surface area (Å²) in [5.41, 5.74) is 15.8. The van der Waals surface area contributed by atoms with E-state index in [9.17, 15) is 33.9 Å². The minimum absolute atomic E-state index is 0.168. The molecule has 5 amide bonds. The van der Waals surface area contributed by atoms with Crippen LogP contribution in [0.4, 0.5) is 0 Å². The number of nitrogens with zero attached hydrogens (tertiary/aromatic N) is 1. The molecule has 9 N–H and O–H groups in total. The largest absolute Gasteiger partial charge is 0.480 e. The van der Waals surface area contributed by atoms with E-state index in [-0.39, 0.29) is 25.3 Å². The number of primary amides is 2. The molecule has 0 saturated carbocycles. The Hall–Kier alpha value is -3.22. The number of amides is 5. The van der Waals surface area contributed by atoms with Gasteiger partial charge in [-0.25, -0.2) is 4.79 Å². The van der Waals surface area contributed by atoms with Crippen molar-refractivity contribution in [3.63, 3.8) is 0 Å². The van der Waals surface area contributed by atoms with Gasteiger partial charge in [-0.2, -0.15) is 0 Å². The van der Waals surface area contributed by atoms with Crippen molar-refractivity contribution in [3.05, 3.63) is 0 Å². The van der Waals surface area contributed by atoms with Crippen LogP contribution in [0.2, 0.25) is 0 Å². The van der Waals surface area contributed by atoms with Crippen LogP contribution in [-0.4, -0.2) is 76.2 Å². The maximum atomic E-state index is 13.2. The summed E-state index contributed by atoms with van der Waals surface area (Å²) in [5, 5.41) is 14.4. The zero-order valence-corrected chi connectivity index (χ0v) is 18.9. The lowest BCUT2D eigenvalue weighted by Crippen LogP contribution is -2.59. The Balaban J connectivity index is 3.05. The first-order chi connectivity index (χ1) is 15.4. The maximum absolute atomic E-state index is 13.2. The second kappa shape index (κ2) is 12.7. The van der Waals surface area contributed by atoms with Crippen LogP contribution in [-0.2, 0) is 28.8 Å². The molecule has 1 rings (SSSR count). The minimum atomic E-state index is -1.31. The van der Waals surface area contributed by atoms with E-state index in [4.69, 9.17) is 17.2 Å². The molecule has 0 aromatic rings. The third kappa shape index (κ3) is 8.33. The number of carboxylic acids is 1. The number of carbonyl (C=O) groups is 6. The van der Waals surface area contributed by atoms with Gasteiger partial charge in [0.2, 0.25) is 29.5 Å². The lowest BCUT2D eigenvalue weighted by atomic mass is 9.96. The summed E-state index contributed by atoms with van der Waals surface area (Å²) >= 11 is 0. The number of aliphatic carboxylic acids is 1. The van der Waals surface area contributed by atoms with Gasteiger partial charge in [-0.3, -0.25) is 24.0 Å². The summed E-state index contributed by atoms with van der Waals surface area (Å²) in [6, 6.07) is -4.59. The van der Waals surface area contributed by atoms with Gasteiger partial charge in [0, 0.05) is 13.0 Å². The summed E-state index contributed by atoms with van der Waals surface area (Å²) in [4.78, 5) is 73.4. The summed E-state index contributed by atoms with van der Waals surface area (Å²) in [6.07, 6.45) is 0.493. The van der Waals surface area contributed by atoms with Gasteiger partial charge in [0.25, 0.3) is 0 Å². The maximum Gasteiger partial charge on any atom is 0.326 e. The number of carbonyl (C=O) groups excluding carboxylic acids is 5. The average molecular weight is 471 g/mol. The molecule has 1 saturated heterocycles. The van der Waals surface area contributed by atoms with Crippen LogP contribution in [0.1, 0.15) is 52.4 Å². The molecule has 5 unspecified atom stereocenters. The molecule has 13 heteroatoms. The first kappa shape index (κ1) is 27.8. The Bertz CT molecular complexity index is 774. The normalized spacial score (nSPS) is 19.1. The predicted molar refractivity (Wildman–Crippen MR) is 116 cm³/mol. The van der Waals surface area contributed by atoms with Gasteiger partial charge >= 0.3 is 5.97 Å². The second-order valence-corrected chi connectivity index (χ2v) is 8.24. The monoisotopic (exact) mass is 470 g/mol. The highest BCUT2D eigenvalue weighted by molar-refractivity contribution is 5.95. The third-order valence-corrected chi connectivity index (χ3v) is 5.67. The topological polar surface area (TPSA) is 228 Å². The molecule has 0 aliphatic carbocycles. The molecule has 186 valence electrons. The lowest BCUT2D eigenvalue weighted by molar-refractivity contribution is -0.150. The van der Waals surface area contributed by atoms with E-state index in [0.717, 1.165) is 0 Å². The van der Waals surface area contributed by atoms with Crippen LogP contribution in [0.15, 0.2) is 0 Å². The quantitative estimate of drug-likeness (QED) is 0.169. The Morgan fingerprint density at radius 2 is 1.70 bits per heavy atom. The van der Waals surface area contributed by atoms with E-state index < -0.39 is 66.1 Å². The van der Waals surface area contributed by atoms with Crippen LogP contribution < -0.4 is 27.8 Å². The minimum Gasteiger partial charge on any atom is -0.480 e. The molecule has 0 bridgehead atoms. The molecule has 1 aliphatic heterocycles. The molecule has 33 heavy (non-hydrogen) atoms. The van der Waals surface area contributed by atoms with E-state index >= 15 is 0 Å². The highest BCUT2D eigenvalue weighted by atomic mass is 16.4. The number of nitrogens with two attached hydrogens (primary N) is 3. The number of hydrogen-bond acceptors (Lipinski definition) is 7. The zero-order valence-electron chi connectivity index (χ0n) is 18.9. The second-order valence-electron chi connectivity index (χ2n) is 8.24. The number of hydrogen-bond donors (Lipinski definition) is 6. The fraction of sp³-hybridized carbons (Fsp3) is 0.700. The fourth-order valence-corrected chi connectivity index (χ4v) is 3.55. The summed E-state index contributed by atoms with van der Waals surface area (Å²) in [7, 11) is 0. The summed E-state index contributed by atoms with van der Waals surface area (Å²) in [5.74, 6) is -5.12. The van der Waals surface area contributed by atoms with Gasteiger partial charge in [0.15, 0.2) is 0 Å². The van der Waals surface area contributed by atoms with Crippen LogP contribution in [0.5, 0.6) is 0 Å². The molecule has 13 nitrogen and oxygen atoms in total. The highest BCUT2D eigenvalue weighted by Crippen LogP contribution is 2.21. The molecule has 0 spiro atoms. The molecule has 1 aliphatic rings. The Morgan fingerprint density at radius 1 is 1.06 bits per heavy atom. The standard InChI is InChI=1S/C20H34N6O7/c1-3-10(2)16(19(31)26-8-4-5-13(26)20(32)33)25-18(30)12(6-7-14(22)27)24-17(29)11(21)9-15(23)28/h10-13,16H,3-9,21H2,1-2H3,(H2,22,27)(H2,23,28)(H,24,29)(H,25,30)(H,32,33). The van der Waals surface area contributed by atoms with Crippen LogP contribution in [0.25, 0.3) is 0 Å². The van der Waals surface area contributed by atoms with E-state index in [1.807, 2.05) is 6.92 Å². The lowest BCUT2D eigenvalue weighted by Gasteiger charge is -2.31. The predicted octanol–water partition coefficient (Wildman–Crippen LogP) is -2.45. The molecule has 0 radical (unpaired) electrons. The first-order valence-electron chi connectivity index (χ1n) is 10.8. The van der Waals surface area contributed by atoms with Crippen molar-refractivity contribution in [2.75, 3.05) is 6.54 Å². The SMILES string of the molecule is CCC(C)C(NC(=O)C(CCC(N)=O)NC(=O)C(N)CC(N)=O)C(=O)N1CCCC1C(=O)O. The van der Waals surface area contributed by atoms with Crippen molar-refractivity contribution in [2.45, 2.75) is 76.5 Å². The zero-order chi connectivity index (χ0) is 25.3. The van der Waals surface area contributed by atoms with Crippen molar-refractivity contribution in [2.24, 2.45) is 23.1 Å². The van der Waals surface area contributed by atoms with Crippen molar-refractivity contribution in [1.29, 1.82) is 0 Å². The number of rotatable bonds is 13. The summed E-state index contributed by atoms with van der Waals surface area (Å²) in [6.45, 7) is 3.79. The Labute approximate surface area is 191 Å². The van der Waals surface area contributed by atoms with Crippen molar-refractivity contribution in [3.8, 4) is 0 Å². The van der Waals surface area contributed by atoms with Crippen molar-refractivity contribution >= 4 is 35.5 Å². The first-order valence-corrected chi connectivity index (χ1v) is 10.8. The molecule has 0 aromatic carbocycles. The molecular weight excluding hydrogens is 436 g/mol. The molecular formula is C20H34N6O7. The number of nitrogens with one attached hydrogen (secondary N) is 2. The van der Waals surface area contributed by atoms with Gasteiger partial charge in [-0.15, -0.1) is 0 Å². The average Bonchev–Trinajstić information content (AvgIpc) is 3.23. The van der Waals surface area contributed by atoms with E-state index in [1.165, 1.54) is 4.90 Å². The van der Waals surface area contributed by atoms with Gasteiger partial charge < -0.3 is 37.8 Å². The van der Waals surface area contributed by atoms with Crippen LogP contribution >= 0.6 is 0 Å². The van der Waals surface area contributed by atoms with Gasteiger partial charge in [-0.1, -0.05) is 20.3 Å². The van der Waals surface area contributed by atoms with Gasteiger partial charge in [-0.05, 0) is 25.2 Å². The van der Waals surface area contributed by atoms with E-state index in [1.54, 1.807) is 6.92 Å². The molecule has 1 fully saturated rings. The molecule has 0 aromatic heterocycles. The third-order valence-electron chi connectivity index (χ3n) is 5.67. The van der Waals surface area contributed by atoms with Gasteiger partial charge in [0.1, 0.15) is 18.1 Å². The highest BCUT2D eigenvalue weighted by Gasteiger charge is 2.40. The molecule has 1 heterocycles. The van der Waals surface area contributed by atoms with Crippen molar-refractivity contribution in [1.82, 2.24) is 15.5 Å². The Morgan fingerprint density at radius 3 is 2.21 bits per heavy atom. The van der Waals surface area contributed by atoms with Gasteiger partial charge in [0.05, 0.1) is 12.5 Å². The van der Waals surface area contributed by atoms with Crippen LogP contribution in [0.3, 0.4) is 0 Å². The number of likely N-dealkylation sites (tertiary alicyclic amines) is 1. The van der Waals surface area contributed by atoms with E-state index in [2.05, 4.69) is 10.6 Å². The Kier molecular flexibility index (Phi) is 10.7.